The molecule has 0 aliphatic heterocycles. The van der Waals surface area contributed by atoms with Crippen molar-refractivity contribution in [2.45, 2.75) is 39.2 Å². The number of aromatic nitrogens is 4. The third kappa shape index (κ3) is 1.83. The minimum absolute atomic E-state index is 0.511. The molecular formula is C13H19N5. The Kier molecular flexibility index (Phi) is 2.89. The smallest absolute Gasteiger partial charge is 0.182 e. The van der Waals surface area contributed by atoms with Crippen molar-refractivity contribution in [2.24, 2.45) is 11.8 Å². The average molecular weight is 245 g/mol. The maximum Gasteiger partial charge on any atom is 0.182 e. The van der Waals surface area contributed by atoms with E-state index in [4.69, 9.17) is 0 Å². The average Bonchev–Trinajstić information content (AvgIpc) is 2.98. The number of nitrogens with one attached hydrogen (secondary N) is 2. The number of H-pyrrole nitrogens is 1. The van der Waals surface area contributed by atoms with Crippen LogP contribution < -0.4 is 5.32 Å². The lowest BCUT2D eigenvalue weighted by Gasteiger charge is -2.21. The van der Waals surface area contributed by atoms with Crippen LogP contribution in [0, 0.1) is 11.8 Å². The van der Waals surface area contributed by atoms with Gasteiger partial charge in [0.15, 0.2) is 11.5 Å². The summed E-state index contributed by atoms with van der Waals surface area (Å²) in [6, 6.07) is 0.511. The molecule has 0 spiro atoms. The number of hydrogen-bond donors (Lipinski definition) is 2. The van der Waals surface area contributed by atoms with E-state index in [-0.39, 0.29) is 0 Å². The van der Waals surface area contributed by atoms with E-state index in [9.17, 15) is 0 Å². The van der Waals surface area contributed by atoms with Gasteiger partial charge in [0.05, 0.1) is 6.33 Å². The van der Waals surface area contributed by atoms with Crippen LogP contribution in [0.4, 0.5) is 5.82 Å². The highest BCUT2D eigenvalue weighted by Gasteiger charge is 2.31. The Morgan fingerprint density at radius 2 is 2.22 bits per heavy atom. The summed E-state index contributed by atoms with van der Waals surface area (Å²) < 4.78 is 0. The Bertz CT molecular complexity index is 535. The number of hydrogen-bond acceptors (Lipinski definition) is 4. The standard InChI is InChI=1S/C13H19N5/c1-3-9-4-5-10(8(9)2)18-13-11-12(15-6-14-11)16-7-17-13/h6-10H,3-5H2,1-2H3,(H2,14,15,16,17,18). The van der Waals surface area contributed by atoms with E-state index in [1.807, 2.05) is 0 Å². The van der Waals surface area contributed by atoms with Gasteiger partial charge in [-0.15, -0.1) is 0 Å². The summed E-state index contributed by atoms with van der Waals surface area (Å²) in [5.74, 6) is 2.41. The first-order valence-corrected chi connectivity index (χ1v) is 6.70. The Labute approximate surface area is 106 Å². The third-order valence-electron chi connectivity index (χ3n) is 4.30. The molecule has 3 atom stereocenters. The minimum Gasteiger partial charge on any atom is -0.365 e. The van der Waals surface area contributed by atoms with E-state index in [1.54, 1.807) is 12.7 Å². The van der Waals surface area contributed by atoms with E-state index in [2.05, 4.69) is 39.1 Å². The second-order valence-corrected chi connectivity index (χ2v) is 5.18. The normalized spacial score (nSPS) is 27.8. The molecule has 2 heterocycles. The SMILES string of the molecule is CCC1CCC(Nc2ncnc3nc[nH]c23)C1C. The van der Waals surface area contributed by atoms with Gasteiger partial charge in [0.25, 0.3) is 0 Å². The molecule has 18 heavy (non-hydrogen) atoms. The molecule has 0 aromatic carbocycles. The Morgan fingerprint density at radius 1 is 1.33 bits per heavy atom. The van der Waals surface area contributed by atoms with Gasteiger partial charge in [0.1, 0.15) is 11.8 Å². The van der Waals surface area contributed by atoms with Gasteiger partial charge in [0.2, 0.25) is 0 Å². The quantitative estimate of drug-likeness (QED) is 0.872. The van der Waals surface area contributed by atoms with Crippen molar-refractivity contribution in [2.75, 3.05) is 5.32 Å². The van der Waals surface area contributed by atoms with Crippen LogP contribution in [0.5, 0.6) is 0 Å². The van der Waals surface area contributed by atoms with Crippen molar-refractivity contribution < 1.29 is 0 Å². The zero-order chi connectivity index (χ0) is 12.5. The summed E-state index contributed by atoms with van der Waals surface area (Å²) >= 11 is 0. The molecule has 0 amide bonds. The van der Waals surface area contributed by atoms with Gasteiger partial charge < -0.3 is 10.3 Å². The molecule has 3 rings (SSSR count). The zero-order valence-electron chi connectivity index (χ0n) is 10.8. The van der Waals surface area contributed by atoms with Crippen LogP contribution in [0.15, 0.2) is 12.7 Å². The summed E-state index contributed by atoms with van der Waals surface area (Å²) in [4.78, 5) is 15.7. The maximum atomic E-state index is 4.33. The second kappa shape index (κ2) is 4.55. The van der Waals surface area contributed by atoms with Crippen LogP contribution >= 0.6 is 0 Å². The fourth-order valence-corrected chi connectivity index (χ4v) is 3.08. The summed E-state index contributed by atoms with van der Waals surface area (Å²) in [5, 5.41) is 3.56. The molecule has 0 saturated heterocycles. The van der Waals surface area contributed by atoms with Gasteiger partial charge in [-0.1, -0.05) is 20.3 Å². The lowest BCUT2D eigenvalue weighted by atomic mass is 9.93. The predicted octanol–water partition coefficient (Wildman–Crippen LogP) is 2.59. The fourth-order valence-electron chi connectivity index (χ4n) is 3.08. The monoisotopic (exact) mass is 245 g/mol. The molecule has 5 nitrogen and oxygen atoms in total. The van der Waals surface area contributed by atoms with Crippen molar-refractivity contribution in [1.29, 1.82) is 0 Å². The molecule has 1 fully saturated rings. The summed E-state index contributed by atoms with van der Waals surface area (Å²) in [6.07, 6.45) is 7.04. The van der Waals surface area contributed by atoms with Crippen molar-refractivity contribution in [3.8, 4) is 0 Å². The van der Waals surface area contributed by atoms with Crippen LogP contribution in [-0.2, 0) is 0 Å². The van der Waals surface area contributed by atoms with Gasteiger partial charge in [-0.25, -0.2) is 15.0 Å². The summed E-state index contributed by atoms with van der Waals surface area (Å²) in [7, 11) is 0. The van der Waals surface area contributed by atoms with Gasteiger partial charge in [-0.2, -0.15) is 0 Å². The van der Waals surface area contributed by atoms with Crippen LogP contribution in [0.3, 0.4) is 0 Å². The highest BCUT2D eigenvalue weighted by molar-refractivity contribution is 5.82. The largest absolute Gasteiger partial charge is 0.365 e. The molecule has 2 aromatic heterocycles. The van der Waals surface area contributed by atoms with Gasteiger partial charge in [-0.3, -0.25) is 0 Å². The molecule has 3 unspecified atom stereocenters. The molecule has 1 saturated carbocycles. The van der Waals surface area contributed by atoms with Gasteiger partial charge >= 0.3 is 0 Å². The molecule has 1 aliphatic rings. The first-order chi connectivity index (χ1) is 8.79. The van der Waals surface area contributed by atoms with Crippen LogP contribution in [-0.4, -0.2) is 26.0 Å². The van der Waals surface area contributed by atoms with Gasteiger partial charge in [0, 0.05) is 6.04 Å². The van der Waals surface area contributed by atoms with Crippen molar-refractivity contribution >= 4 is 17.0 Å². The van der Waals surface area contributed by atoms with Gasteiger partial charge in [-0.05, 0) is 24.7 Å². The minimum atomic E-state index is 0.511. The van der Waals surface area contributed by atoms with Crippen LogP contribution in [0.2, 0.25) is 0 Å². The van der Waals surface area contributed by atoms with E-state index in [1.165, 1.54) is 19.3 Å². The highest BCUT2D eigenvalue weighted by atomic mass is 15.1. The highest BCUT2D eigenvalue weighted by Crippen LogP contribution is 2.35. The Morgan fingerprint density at radius 3 is 3.00 bits per heavy atom. The molecule has 0 bridgehead atoms. The summed E-state index contributed by atoms with van der Waals surface area (Å²) in [5.41, 5.74) is 1.63. The molecule has 1 aliphatic carbocycles. The lowest BCUT2D eigenvalue weighted by Crippen LogP contribution is -2.25. The van der Waals surface area contributed by atoms with E-state index in [0.717, 1.165) is 22.9 Å². The number of rotatable bonds is 3. The Balaban J connectivity index is 1.83. The van der Waals surface area contributed by atoms with Crippen molar-refractivity contribution in [3.63, 3.8) is 0 Å². The first kappa shape index (κ1) is 11.4. The molecule has 2 N–H and O–H groups in total. The lowest BCUT2D eigenvalue weighted by molar-refractivity contribution is 0.391. The first-order valence-electron chi connectivity index (χ1n) is 6.70. The third-order valence-corrected chi connectivity index (χ3v) is 4.30. The number of imidazole rings is 1. The van der Waals surface area contributed by atoms with Crippen LogP contribution in [0.25, 0.3) is 11.2 Å². The fraction of sp³-hybridized carbons (Fsp3) is 0.615. The summed E-state index contributed by atoms with van der Waals surface area (Å²) in [6.45, 7) is 4.62. The van der Waals surface area contributed by atoms with E-state index >= 15 is 0 Å². The molecule has 0 radical (unpaired) electrons. The maximum absolute atomic E-state index is 4.33. The zero-order valence-corrected chi connectivity index (χ0v) is 10.8. The predicted molar refractivity (Wildman–Crippen MR) is 71.3 cm³/mol. The van der Waals surface area contributed by atoms with E-state index < -0.39 is 0 Å². The number of nitrogens with zero attached hydrogens (tertiary/aromatic N) is 3. The molecule has 2 aromatic rings. The van der Waals surface area contributed by atoms with Crippen LogP contribution in [0.1, 0.15) is 33.1 Å². The Hall–Kier alpha value is -1.65. The van der Waals surface area contributed by atoms with Crippen molar-refractivity contribution in [3.05, 3.63) is 12.7 Å². The number of fused-ring (bicyclic) bond motifs is 1. The second-order valence-electron chi connectivity index (χ2n) is 5.18. The molecule has 5 heteroatoms. The number of anilines is 1. The van der Waals surface area contributed by atoms with E-state index in [0.29, 0.717) is 12.0 Å². The van der Waals surface area contributed by atoms with Crippen molar-refractivity contribution in [1.82, 2.24) is 19.9 Å². The molecular weight excluding hydrogens is 226 g/mol. The number of aromatic amines is 1. The topological polar surface area (TPSA) is 66.5 Å². The molecule has 96 valence electrons.